The van der Waals surface area contributed by atoms with Crippen molar-refractivity contribution in [1.29, 1.82) is 0 Å². The summed E-state index contributed by atoms with van der Waals surface area (Å²) in [5.74, 6) is 1.30. The molecule has 0 aliphatic rings. The van der Waals surface area contributed by atoms with Crippen LogP contribution in [0.25, 0.3) is 0 Å². The molecule has 0 aromatic heterocycles. The Balaban J connectivity index is 2.09. The number of nitrogens with zero attached hydrogens (tertiary/aromatic N) is 1. The molecular weight excluding hydrogens is 360 g/mol. The number of methoxy groups -OCH3 is 3. The van der Waals surface area contributed by atoms with E-state index in [1.165, 1.54) is 14.0 Å². The third-order valence-electron chi connectivity index (χ3n) is 4.24. The van der Waals surface area contributed by atoms with Gasteiger partial charge in [0, 0.05) is 31.6 Å². The summed E-state index contributed by atoms with van der Waals surface area (Å²) in [5, 5.41) is 2.81. The Labute approximate surface area is 165 Å². The summed E-state index contributed by atoms with van der Waals surface area (Å²) in [4.78, 5) is 26.1. The molecule has 0 radical (unpaired) electrons. The van der Waals surface area contributed by atoms with Crippen LogP contribution in [0.5, 0.6) is 17.2 Å². The van der Waals surface area contributed by atoms with E-state index >= 15 is 0 Å². The van der Waals surface area contributed by atoms with Crippen molar-refractivity contribution in [2.75, 3.05) is 38.1 Å². The van der Waals surface area contributed by atoms with Gasteiger partial charge in [-0.25, -0.2) is 0 Å². The molecule has 0 spiro atoms. The molecule has 7 heteroatoms. The Kier molecular flexibility index (Phi) is 7.26. The highest BCUT2D eigenvalue weighted by Gasteiger charge is 2.18. The molecule has 28 heavy (non-hydrogen) atoms. The molecule has 0 unspecified atom stereocenters. The Hall–Kier alpha value is -3.22. The number of carbonyl (C=O) groups is 2. The number of aryl methyl sites for hydroxylation is 1. The van der Waals surface area contributed by atoms with E-state index in [1.807, 2.05) is 25.1 Å². The lowest BCUT2D eigenvalue weighted by Crippen LogP contribution is -2.32. The second-order valence-corrected chi connectivity index (χ2v) is 6.21. The Bertz CT molecular complexity index is 851. The van der Waals surface area contributed by atoms with Gasteiger partial charge in [-0.3, -0.25) is 9.59 Å². The van der Waals surface area contributed by atoms with E-state index in [-0.39, 0.29) is 24.8 Å². The molecule has 2 aromatic rings. The van der Waals surface area contributed by atoms with Crippen LogP contribution < -0.4 is 24.4 Å². The van der Waals surface area contributed by atoms with Crippen molar-refractivity contribution < 1.29 is 23.8 Å². The zero-order valence-corrected chi connectivity index (χ0v) is 16.9. The van der Waals surface area contributed by atoms with E-state index in [2.05, 4.69) is 5.32 Å². The van der Waals surface area contributed by atoms with Crippen LogP contribution in [-0.2, 0) is 9.59 Å². The normalized spacial score (nSPS) is 10.2. The summed E-state index contributed by atoms with van der Waals surface area (Å²) in [5.41, 5.74) is 2.23. The van der Waals surface area contributed by atoms with Crippen LogP contribution in [0, 0.1) is 6.92 Å². The lowest BCUT2D eigenvalue weighted by atomic mass is 10.1. The number of hydrogen-bond acceptors (Lipinski definition) is 5. The first kappa shape index (κ1) is 21.1. The molecule has 0 bridgehead atoms. The molecule has 0 saturated heterocycles. The van der Waals surface area contributed by atoms with Gasteiger partial charge in [-0.15, -0.1) is 0 Å². The molecule has 0 aliphatic carbocycles. The molecule has 150 valence electrons. The van der Waals surface area contributed by atoms with Gasteiger partial charge in [-0.2, -0.15) is 0 Å². The molecule has 7 nitrogen and oxygen atoms in total. The number of nitrogens with one attached hydrogen (secondary N) is 1. The number of carbonyl (C=O) groups excluding carboxylic acids is 2. The van der Waals surface area contributed by atoms with Crippen LogP contribution in [0.15, 0.2) is 36.4 Å². The van der Waals surface area contributed by atoms with Crippen molar-refractivity contribution in [3.63, 3.8) is 0 Å². The third kappa shape index (κ3) is 5.16. The van der Waals surface area contributed by atoms with Gasteiger partial charge in [0.1, 0.15) is 5.75 Å². The van der Waals surface area contributed by atoms with E-state index in [9.17, 15) is 9.59 Å². The minimum Gasteiger partial charge on any atom is -0.495 e. The maximum absolute atomic E-state index is 12.4. The van der Waals surface area contributed by atoms with E-state index in [4.69, 9.17) is 14.2 Å². The highest BCUT2D eigenvalue weighted by Crippen LogP contribution is 2.31. The van der Waals surface area contributed by atoms with Crippen molar-refractivity contribution in [3.8, 4) is 17.2 Å². The van der Waals surface area contributed by atoms with Crippen LogP contribution in [0.1, 0.15) is 18.9 Å². The number of anilines is 2. The van der Waals surface area contributed by atoms with E-state index in [0.29, 0.717) is 28.6 Å². The van der Waals surface area contributed by atoms with Gasteiger partial charge in [0.15, 0.2) is 11.5 Å². The predicted molar refractivity (Wildman–Crippen MR) is 109 cm³/mol. The zero-order valence-electron chi connectivity index (χ0n) is 16.9. The fraction of sp³-hybridized carbons (Fsp3) is 0.333. The molecule has 0 fully saturated rings. The maximum Gasteiger partial charge on any atom is 0.226 e. The monoisotopic (exact) mass is 386 g/mol. The maximum atomic E-state index is 12.4. The number of hydrogen-bond donors (Lipinski definition) is 1. The average Bonchev–Trinajstić information content (AvgIpc) is 2.68. The molecule has 0 heterocycles. The molecular formula is C21H26N2O5. The van der Waals surface area contributed by atoms with Crippen molar-refractivity contribution in [1.82, 2.24) is 0 Å². The highest BCUT2D eigenvalue weighted by atomic mass is 16.5. The van der Waals surface area contributed by atoms with Gasteiger partial charge in [0.2, 0.25) is 11.8 Å². The number of benzene rings is 2. The van der Waals surface area contributed by atoms with Crippen molar-refractivity contribution in [2.24, 2.45) is 0 Å². The summed E-state index contributed by atoms with van der Waals surface area (Å²) >= 11 is 0. The molecule has 0 atom stereocenters. The largest absolute Gasteiger partial charge is 0.495 e. The Morgan fingerprint density at radius 2 is 1.57 bits per heavy atom. The fourth-order valence-electron chi connectivity index (χ4n) is 2.81. The summed E-state index contributed by atoms with van der Waals surface area (Å²) in [6.07, 6.45) is 0.130. The lowest BCUT2D eigenvalue weighted by Gasteiger charge is -2.23. The molecule has 0 aliphatic heterocycles. The van der Waals surface area contributed by atoms with Gasteiger partial charge < -0.3 is 24.4 Å². The first-order chi connectivity index (χ1) is 13.4. The van der Waals surface area contributed by atoms with Gasteiger partial charge >= 0.3 is 0 Å². The average molecular weight is 386 g/mol. The second-order valence-electron chi connectivity index (χ2n) is 6.21. The predicted octanol–water partition coefficient (Wildman–Crippen LogP) is 3.40. The van der Waals surface area contributed by atoms with Gasteiger partial charge in [0.05, 0.1) is 27.0 Å². The van der Waals surface area contributed by atoms with Gasteiger partial charge in [0.25, 0.3) is 0 Å². The summed E-state index contributed by atoms with van der Waals surface area (Å²) in [6.45, 7) is 3.63. The van der Waals surface area contributed by atoms with E-state index < -0.39 is 0 Å². The number of ether oxygens (including phenoxy) is 3. The summed E-state index contributed by atoms with van der Waals surface area (Å²) in [6, 6.07) is 10.7. The number of amides is 2. The third-order valence-corrected chi connectivity index (χ3v) is 4.24. The standard InChI is InChI=1S/C21H26N2O5/c1-14-6-8-18(26-3)17(12-14)23(15(2)24)11-10-21(25)22-16-7-9-19(27-4)20(13-16)28-5/h6-9,12-13H,10-11H2,1-5H3,(H,22,25). The fourth-order valence-corrected chi connectivity index (χ4v) is 2.81. The summed E-state index contributed by atoms with van der Waals surface area (Å²) in [7, 11) is 4.63. The van der Waals surface area contributed by atoms with E-state index in [1.54, 1.807) is 37.3 Å². The zero-order chi connectivity index (χ0) is 20.7. The van der Waals surface area contributed by atoms with Crippen LogP contribution in [0.3, 0.4) is 0 Å². The number of rotatable bonds is 8. The van der Waals surface area contributed by atoms with Crippen LogP contribution in [0.4, 0.5) is 11.4 Å². The SMILES string of the molecule is COc1ccc(NC(=O)CCN(C(C)=O)c2cc(C)ccc2OC)cc1OC. The van der Waals surface area contributed by atoms with Crippen molar-refractivity contribution >= 4 is 23.2 Å². The highest BCUT2D eigenvalue weighted by molar-refractivity contribution is 5.96. The van der Waals surface area contributed by atoms with Crippen molar-refractivity contribution in [2.45, 2.75) is 20.3 Å². The first-order valence-electron chi connectivity index (χ1n) is 8.84. The molecule has 0 saturated carbocycles. The minimum absolute atomic E-state index is 0.130. The van der Waals surface area contributed by atoms with Gasteiger partial charge in [-0.05, 0) is 36.8 Å². The first-order valence-corrected chi connectivity index (χ1v) is 8.84. The summed E-state index contributed by atoms with van der Waals surface area (Å²) < 4.78 is 15.8. The van der Waals surface area contributed by atoms with Crippen LogP contribution in [0.2, 0.25) is 0 Å². The second kappa shape index (κ2) is 9.64. The quantitative estimate of drug-likeness (QED) is 0.752. The minimum atomic E-state index is -0.218. The van der Waals surface area contributed by atoms with Gasteiger partial charge in [-0.1, -0.05) is 6.07 Å². The Morgan fingerprint density at radius 1 is 0.929 bits per heavy atom. The topological polar surface area (TPSA) is 77.1 Å². The lowest BCUT2D eigenvalue weighted by molar-refractivity contribution is -0.117. The van der Waals surface area contributed by atoms with Crippen LogP contribution in [-0.4, -0.2) is 39.7 Å². The Morgan fingerprint density at radius 3 is 2.18 bits per heavy atom. The van der Waals surface area contributed by atoms with Crippen molar-refractivity contribution in [3.05, 3.63) is 42.0 Å². The molecule has 2 amide bonds. The molecule has 2 rings (SSSR count). The molecule has 2 aromatic carbocycles. The smallest absolute Gasteiger partial charge is 0.226 e. The molecule has 1 N–H and O–H groups in total. The van der Waals surface area contributed by atoms with E-state index in [0.717, 1.165) is 5.56 Å². The van der Waals surface area contributed by atoms with Crippen LogP contribution >= 0.6 is 0 Å².